The molecule has 0 amide bonds. The Balaban J connectivity index is 2.39. The molecule has 1 aromatic heterocycles. The van der Waals surface area contributed by atoms with Crippen molar-refractivity contribution in [1.82, 2.24) is 5.32 Å². The molecule has 1 heterocycles. The molecule has 0 aromatic carbocycles. The fourth-order valence-corrected chi connectivity index (χ4v) is 1.97. The average Bonchev–Trinajstić information content (AvgIpc) is 2.31. The summed E-state index contributed by atoms with van der Waals surface area (Å²) in [5, 5.41) is 5.53. The Morgan fingerprint density at radius 3 is 2.82 bits per heavy atom. The van der Waals surface area contributed by atoms with Crippen LogP contribution in [0.4, 0.5) is 0 Å². The van der Waals surface area contributed by atoms with Gasteiger partial charge in [0, 0.05) is 12.6 Å². The van der Waals surface area contributed by atoms with E-state index in [1.165, 1.54) is 9.35 Å². The zero-order valence-electron chi connectivity index (χ0n) is 6.73. The monoisotopic (exact) mass is 233 g/mol. The third kappa shape index (κ3) is 3.36. The van der Waals surface area contributed by atoms with Gasteiger partial charge in [0.15, 0.2) is 0 Å². The van der Waals surface area contributed by atoms with E-state index >= 15 is 0 Å². The maximum Gasteiger partial charge on any atom is 0.0701 e. The minimum atomic E-state index is 0.564. The van der Waals surface area contributed by atoms with E-state index in [0.29, 0.717) is 6.04 Å². The fourth-order valence-electron chi connectivity index (χ4n) is 0.760. The van der Waals surface area contributed by atoms with Crippen molar-refractivity contribution < 1.29 is 0 Å². The molecule has 0 unspecified atom stereocenters. The first-order chi connectivity index (χ1) is 5.18. The van der Waals surface area contributed by atoms with Crippen molar-refractivity contribution in [1.29, 1.82) is 0 Å². The summed E-state index contributed by atoms with van der Waals surface area (Å²) < 4.78 is 1.21. The third-order valence-electron chi connectivity index (χ3n) is 1.34. The highest BCUT2D eigenvalue weighted by Crippen LogP contribution is 2.20. The van der Waals surface area contributed by atoms with Crippen molar-refractivity contribution in [2.24, 2.45) is 0 Å². The van der Waals surface area contributed by atoms with Gasteiger partial charge in [0.25, 0.3) is 0 Å². The van der Waals surface area contributed by atoms with Crippen LogP contribution < -0.4 is 5.32 Å². The van der Waals surface area contributed by atoms with E-state index in [9.17, 15) is 0 Å². The van der Waals surface area contributed by atoms with Crippen LogP contribution in [-0.4, -0.2) is 6.04 Å². The maximum atomic E-state index is 3.43. The first-order valence-corrected chi connectivity index (χ1v) is 5.32. The Hall–Kier alpha value is 0.140. The van der Waals surface area contributed by atoms with Gasteiger partial charge >= 0.3 is 0 Å². The van der Waals surface area contributed by atoms with E-state index < -0.39 is 0 Å². The number of hydrogen-bond donors (Lipinski definition) is 1. The van der Waals surface area contributed by atoms with Crippen LogP contribution in [0.3, 0.4) is 0 Å². The molecule has 3 heteroatoms. The molecule has 0 aliphatic rings. The van der Waals surface area contributed by atoms with Gasteiger partial charge in [0.2, 0.25) is 0 Å². The minimum absolute atomic E-state index is 0.564. The van der Waals surface area contributed by atoms with Crippen LogP contribution in [0.1, 0.15) is 19.4 Å². The van der Waals surface area contributed by atoms with E-state index in [1.54, 1.807) is 11.3 Å². The molecule has 62 valence electrons. The zero-order chi connectivity index (χ0) is 8.27. The van der Waals surface area contributed by atoms with Gasteiger partial charge in [0.05, 0.1) is 3.79 Å². The molecule has 0 aliphatic heterocycles. The van der Waals surface area contributed by atoms with Gasteiger partial charge in [-0.2, -0.15) is 0 Å². The Kier molecular flexibility index (Phi) is 3.55. The Labute approximate surface area is 79.9 Å². The predicted molar refractivity (Wildman–Crippen MR) is 54.0 cm³/mol. The summed E-state index contributed by atoms with van der Waals surface area (Å²) in [6.45, 7) is 5.28. The molecule has 0 aliphatic carbocycles. The molecule has 0 spiro atoms. The molecular formula is C8H12BrNS. The lowest BCUT2D eigenvalue weighted by molar-refractivity contribution is 0.589. The summed E-state index contributed by atoms with van der Waals surface area (Å²) in [5.74, 6) is 0. The van der Waals surface area contributed by atoms with E-state index in [2.05, 4.69) is 46.5 Å². The lowest BCUT2D eigenvalue weighted by Crippen LogP contribution is -2.21. The highest BCUT2D eigenvalue weighted by atomic mass is 79.9. The number of halogens is 1. The second-order valence-corrected chi connectivity index (χ2v) is 5.09. The molecule has 1 nitrogen and oxygen atoms in total. The van der Waals surface area contributed by atoms with Crippen LogP contribution in [0, 0.1) is 0 Å². The lowest BCUT2D eigenvalue weighted by Gasteiger charge is -2.05. The highest BCUT2D eigenvalue weighted by molar-refractivity contribution is 9.11. The Morgan fingerprint density at radius 1 is 1.64 bits per heavy atom. The van der Waals surface area contributed by atoms with Crippen molar-refractivity contribution in [3.8, 4) is 0 Å². The van der Waals surface area contributed by atoms with Crippen LogP contribution >= 0.6 is 27.3 Å². The summed E-state index contributed by atoms with van der Waals surface area (Å²) in [6, 6.07) is 2.72. The molecular weight excluding hydrogens is 222 g/mol. The van der Waals surface area contributed by atoms with Gasteiger partial charge in [0.1, 0.15) is 0 Å². The van der Waals surface area contributed by atoms with Crippen molar-refractivity contribution >= 4 is 27.3 Å². The molecule has 1 aromatic rings. The Bertz CT molecular complexity index is 220. The third-order valence-corrected chi connectivity index (χ3v) is 2.89. The number of nitrogens with one attached hydrogen (secondary N) is 1. The smallest absolute Gasteiger partial charge is 0.0701 e. The summed E-state index contributed by atoms with van der Waals surface area (Å²) in [6.07, 6.45) is 0. The second kappa shape index (κ2) is 4.24. The summed E-state index contributed by atoms with van der Waals surface area (Å²) in [7, 11) is 0. The molecule has 0 saturated heterocycles. The zero-order valence-corrected chi connectivity index (χ0v) is 9.13. The molecule has 0 atom stereocenters. The van der Waals surface area contributed by atoms with Gasteiger partial charge < -0.3 is 5.32 Å². The van der Waals surface area contributed by atoms with Crippen molar-refractivity contribution in [3.05, 3.63) is 20.8 Å². The number of thiophene rings is 1. The van der Waals surface area contributed by atoms with Gasteiger partial charge in [-0.1, -0.05) is 13.8 Å². The Morgan fingerprint density at radius 2 is 2.36 bits per heavy atom. The molecule has 0 saturated carbocycles. The topological polar surface area (TPSA) is 12.0 Å². The first kappa shape index (κ1) is 9.23. The van der Waals surface area contributed by atoms with E-state index in [1.807, 2.05) is 0 Å². The van der Waals surface area contributed by atoms with Gasteiger partial charge in [-0.25, -0.2) is 0 Å². The van der Waals surface area contributed by atoms with Crippen LogP contribution in [0.15, 0.2) is 15.2 Å². The SMILES string of the molecule is CC(C)NCc1csc(Br)c1. The predicted octanol–water partition coefficient (Wildman–Crippen LogP) is 3.01. The van der Waals surface area contributed by atoms with Crippen LogP contribution in [0.25, 0.3) is 0 Å². The van der Waals surface area contributed by atoms with Crippen LogP contribution in [0.5, 0.6) is 0 Å². The average molecular weight is 234 g/mol. The normalized spacial score (nSPS) is 10.9. The molecule has 1 N–H and O–H groups in total. The maximum absolute atomic E-state index is 3.43. The number of hydrogen-bond acceptors (Lipinski definition) is 2. The van der Waals surface area contributed by atoms with E-state index in [0.717, 1.165) is 6.54 Å². The van der Waals surface area contributed by atoms with E-state index in [-0.39, 0.29) is 0 Å². The van der Waals surface area contributed by atoms with Crippen molar-refractivity contribution in [2.75, 3.05) is 0 Å². The summed E-state index contributed by atoms with van der Waals surface area (Å²) in [5.41, 5.74) is 1.36. The molecule has 1 rings (SSSR count). The largest absolute Gasteiger partial charge is 0.310 e. The summed E-state index contributed by atoms with van der Waals surface area (Å²) in [4.78, 5) is 0. The molecule has 0 bridgehead atoms. The van der Waals surface area contributed by atoms with Crippen molar-refractivity contribution in [2.45, 2.75) is 26.4 Å². The minimum Gasteiger partial charge on any atom is -0.310 e. The molecule has 0 radical (unpaired) electrons. The second-order valence-electron chi connectivity index (χ2n) is 2.79. The summed E-state index contributed by atoms with van der Waals surface area (Å²) >= 11 is 5.16. The van der Waals surface area contributed by atoms with Gasteiger partial charge in [-0.3, -0.25) is 0 Å². The van der Waals surface area contributed by atoms with Gasteiger partial charge in [-0.05, 0) is 32.9 Å². The van der Waals surface area contributed by atoms with Crippen molar-refractivity contribution in [3.63, 3.8) is 0 Å². The lowest BCUT2D eigenvalue weighted by atomic mass is 10.3. The van der Waals surface area contributed by atoms with Gasteiger partial charge in [-0.15, -0.1) is 11.3 Å². The standard InChI is InChI=1S/C8H12BrNS/c1-6(2)10-4-7-3-8(9)11-5-7/h3,5-6,10H,4H2,1-2H3. The number of rotatable bonds is 3. The highest BCUT2D eigenvalue weighted by Gasteiger charge is 1.97. The van der Waals surface area contributed by atoms with Crippen LogP contribution in [-0.2, 0) is 6.54 Å². The van der Waals surface area contributed by atoms with E-state index in [4.69, 9.17) is 0 Å². The molecule has 0 fully saturated rings. The van der Waals surface area contributed by atoms with Crippen LogP contribution in [0.2, 0.25) is 0 Å². The quantitative estimate of drug-likeness (QED) is 0.847. The fraction of sp³-hybridized carbons (Fsp3) is 0.500. The molecule has 11 heavy (non-hydrogen) atoms. The first-order valence-electron chi connectivity index (χ1n) is 3.65.